The lowest BCUT2D eigenvalue weighted by Crippen LogP contribution is -2.47. The van der Waals surface area contributed by atoms with E-state index >= 15 is 0 Å². The first-order valence-corrected chi connectivity index (χ1v) is 19.1. The van der Waals surface area contributed by atoms with Gasteiger partial charge in [-0.15, -0.1) is 0 Å². The Kier molecular flexibility index (Phi) is 11.4. The van der Waals surface area contributed by atoms with Crippen molar-refractivity contribution in [3.05, 3.63) is 89.4 Å². The number of pyridine rings is 1. The largest absolute Gasteiger partial charge is 0.489 e. The Morgan fingerprint density at radius 3 is 2.35 bits per heavy atom. The van der Waals surface area contributed by atoms with Crippen molar-refractivity contribution >= 4 is 40.7 Å². The number of aromatic nitrogens is 2. The van der Waals surface area contributed by atoms with Gasteiger partial charge in [-0.05, 0) is 94.8 Å². The minimum Gasteiger partial charge on any atom is -0.489 e. The molecule has 12 nitrogen and oxygen atoms in total. The summed E-state index contributed by atoms with van der Waals surface area (Å²) in [7, 11) is 0. The van der Waals surface area contributed by atoms with Crippen molar-refractivity contribution < 1.29 is 32.7 Å². The number of hydrogen-bond donors (Lipinski definition) is 3. The van der Waals surface area contributed by atoms with Crippen molar-refractivity contribution in [2.45, 2.75) is 82.8 Å². The highest BCUT2D eigenvalue weighted by Crippen LogP contribution is 2.33. The molecule has 55 heavy (non-hydrogen) atoms. The topological polar surface area (TPSA) is 137 Å². The number of halogens is 2. The number of nitrogens with zero attached hydrogens (tertiary/aromatic N) is 4. The van der Waals surface area contributed by atoms with Crippen molar-refractivity contribution in [3.8, 4) is 5.75 Å². The second-order valence-electron chi connectivity index (χ2n) is 15.0. The molecule has 2 aromatic carbocycles. The van der Waals surface area contributed by atoms with E-state index in [4.69, 9.17) is 9.72 Å². The van der Waals surface area contributed by atoms with Gasteiger partial charge in [0, 0.05) is 60.7 Å². The van der Waals surface area contributed by atoms with Crippen molar-refractivity contribution in [1.29, 1.82) is 0 Å². The molecule has 4 aromatic rings. The van der Waals surface area contributed by atoms with Crippen molar-refractivity contribution in [2.75, 3.05) is 43.4 Å². The highest BCUT2D eigenvalue weighted by molar-refractivity contribution is 6.05. The molecule has 0 radical (unpaired) electrons. The van der Waals surface area contributed by atoms with Crippen LogP contribution >= 0.6 is 0 Å². The second-order valence-corrected chi connectivity index (χ2v) is 15.0. The van der Waals surface area contributed by atoms with Crippen LogP contribution in [-0.2, 0) is 14.4 Å². The maximum Gasteiger partial charge on any atom is 0.263 e. The van der Waals surface area contributed by atoms with E-state index in [1.807, 2.05) is 41.5 Å². The van der Waals surface area contributed by atoms with E-state index in [1.165, 1.54) is 29.8 Å². The maximum atomic E-state index is 13.3. The SMILES string of the molecule is CC(C)Oc1cc2nc(C3CCN(CC(=O)N4CCC(c5ccc(NC6CCC(=O)NC6=O)cc5)CC4)CC3)cn2cc1NC(=O)c1cccc(C(F)F)c1. The third-order valence-electron chi connectivity index (χ3n) is 10.8. The van der Waals surface area contributed by atoms with Gasteiger partial charge in [-0.2, -0.15) is 0 Å². The molecule has 4 amide bonds. The number of alkyl halides is 2. The number of piperidine rings is 3. The van der Waals surface area contributed by atoms with Gasteiger partial charge in [-0.25, -0.2) is 13.8 Å². The quantitative estimate of drug-likeness (QED) is 0.156. The molecular formula is C41H47F2N7O5. The monoisotopic (exact) mass is 755 g/mol. The number of carbonyl (C=O) groups excluding carboxylic acids is 4. The number of fused-ring (bicyclic) bond motifs is 1. The predicted octanol–water partition coefficient (Wildman–Crippen LogP) is 6.11. The molecule has 3 N–H and O–H groups in total. The first-order chi connectivity index (χ1) is 26.5. The maximum absolute atomic E-state index is 13.3. The van der Waals surface area contributed by atoms with Crippen molar-refractivity contribution in [1.82, 2.24) is 24.5 Å². The number of nitrogens with one attached hydrogen (secondary N) is 3. The fraction of sp³-hybridized carbons (Fsp3) is 0.439. The van der Waals surface area contributed by atoms with E-state index in [0.29, 0.717) is 55.5 Å². The van der Waals surface area contributed by atoms with Crippen LogP contribution in [0, 0.1) is 0 Å². The highest BCUT2D eigenvalue weighted by atomic mass is 19.3. The van der Waals surface area contributed by atoms with Crippen LogP contribution in [0.25, 0.3) is 5.65 Å². The highest BCUT2D eigenvalue weighted by Gasteiger charge is 2.29. The molecule has 0 saturated carbocycles. The summed E-state index contributed by atoms with van der Waals surface area (Å²) in [5.41, 5.74) is 3.97. The second kappa shape index (κ2) is 16.6. The van der Waals surface area contributed by atoms with E-state index in [0.717, 1.165) is 50.2 Å². The molecule has 1 atom stereocenters. The Morgan fingerprint density at radius 1 is 0.927 bits per heavy atom. The Hall–Kier alpha value is -5.37. The molecule has 3 aliphatic rings. The summed E-state index contributed by atoms with van der Waals surface area (Å²) in [6.45, 7) is 7.14. The normalized spacial score (nSPS) is 18.9. The number of imide groups is 1. The molecule has 0 spiro atoms. The number of imidazole rings is 1. The number of anilines is 2. The number of ether oxygens (including phenoxy) is 1. The van der Waals surface area contributed by atoms with Crippen LogP contribution in [-0.4, -0.2) is 87.7 Å². The average molecular weight is 756 g/mol. The molecule has 14 heteroatoms. The van der Waals surface area contributed by atoms with Crippen LogP contribution in [0.1, 0.15) is 97.8 Å². The minimum atomic E-state index is -2.68. The van der Waals surface area contributed by atoms with Crippen LogP contribution in [0.5, 0.6) is 5.75 Å². The number of rotatable bonds is 11. The van der Waals surface area contributed by atoms with Gasteiger partial charge in [0.25, 0.3) is 12.3 Å². The van der Waals surface area contributed by atoms with Crippen LogP contribution in [0.4, 0.5) is 20.2 Å². The Labute approximate surface area is 318 Å². The zero-order valence-electron chi connectivity index (χ0n) is 31.1. The van der Waals surface area contributed by atoms with Crippen LogP contribution < -0.4 is 20.7 Å². The van der Waals surface area contributed by atoms with Gasteiger partial charge in [0.15, 0.2) is 0 Å². The lowest BCUT2D eigenvalue weighted by Gasteiger charge is -2.35. The fourth-order valence-electron chi connectivity index (χ4n) is 7.71. The first-order valence-electron chi connectivity index (χ1n) is 19.1. The van der Waals surface area contributed by atoms with E-state index in [2.05, 4.69) is 33.0 Å². The van der Waals surface area contributed by atoms with Gasteiger partial charge in [0.1, 0.15) is 23.1 Å². The third kappa shape index (κ3) is 9.13. The summed E-state index contributed by atoms with van der Waals surface area (Å²) in [6, 6.07) is 14.9. The number of hydrogen-bond acceptors (Lipinski definition) is 8. The Balaban J connectivity index is 0.902. The van der Waals surface area contributed by atoms with Crippen molar-refractivity contribution in [3.63, 3.8) is 0 Å². The lowest BCUT2D eigenvalue weighted by molar-refractivity contribution is -0.134. The van der Waals surface area contributed by atoms with Gasteiger partial charge in [0.05, 0.1) is 18.3 Å². The predicted molar refractivity (Wildman–Crippen MR) is 204 cm³/mol. The van der Waals surface area contributed by atoms with Crippen LogP contribution in [0.2, 0.25) is 0 Å². The Bertz CT molecular complexity index is 2040. The standard InChI is InChI=1S/C41H47F2N7O5/c1-25(2)55-35-21-36-45-33(22-50(36)23-34(35)46-40(53)30-5-3-4-29(20-30)39(42)43)28-12-16-48(17-13-28)24-38(52)49-18-14-27(15-19-49)26-6-8-31(9-7-26)44-32-10-11-37(51)47-41(32)54/h3-9,20-23,25,27-28,32,39,44H,10-19,24H2,1-2H3,(H,46,53)(H,47,51,54). The molecule has 0 aliphatic carbocycles. The lowest BCUT2D eigenvalue weighted by atomic mass is 9.89. The molecular weight excluding hydrogens is 708 g/mol. The molecule has 290 valence electrons. The van der Waals surface area contributed by atoms with Gasteiger partial charge in [-0.3, -0.25) is 29.4 Å². The molecule has 1 unspecified atom stereocenters. The van der Waals surface area contributed by atoms with E-state index in [-0.39, 0.29) is 40.9 Å². The molecule has 0 bridgehead atoms. The van der Waals surface area contributed by atoms with Crippen LogP contribution in [0.15, 0.2) is 67.0 Å². The molecule has 3 fully saturated rings. The smallest absolute Gasteiger partial charge is 0.263 e. The minimum absolute atomic E-state index is 0.125. The molecule has 3 saturated heterocycles. The number of amides is 4. The number of benzene rings is 2. The van der Waals surface area contributed by atoms with Crippen molar-refractivity contribution in [2.24, 2.45) is 0 Å². The summed E-state index contributed by atoms with van der Waals surface area (Å²) in [5, 5.41) is 8.44. The number of carbonyl (C=O) groups is 4. The Morgan fingerprint density at radius 2 is 1.65 bits per heavy atom. The summed E-state index contributed by atoms with van der Waals surface area (Å²) < 4.78 is 34.4. The van der Waals surface area contributed by atoms with E-state index < -0.39 is 18.4 Å². The van der Waals surface area contributed by atoms with Crippen LogP contribution in [0.3, 0.4) is 0 Å². The zero-order valence-corrected chi connectivity index (χ0v) is 31.1. The molecule has 3 aliphatic heterocycles. The molecule has 7 rings (SSSR count). The van der Waals surface area contributed by atoms with Gasteiger partial charge < -0.3 is 24.7 Å². The van der Waals surface area contributed by atoms with Gasteiger partial charge >= 0.3 is 0 Å². The summed E-state index contributed by atoms with van der Waals surface area (Å²) >= 11 is 0. The summed E-state index contributed by atoms with van der Waals surface area (Å²) in [5.74, 6) is 0.119. The average Bonchev–Trinajstić information content (AvgIpc) is 3.59. The number of likely N-dealkylation sites (tertiary alicyclic amines) is 2. The van der Waals surface area contributed by atoms with Gasteiger partial charge in [0.2, 0.25) is 17.7 Å². The summed E-state index contributed by atoms with van der Waals surface area (Å²) in [4.78, 5) is 59.1. The van der Waals surface area contributed by atoms with E-state index in [9.17, 15) is 28.0 Å². The summed E-state index contributed by atoms with van der Waals surface area (Å²) in [6.07, 6.45) is 5.14. The third-order valence-corrected chi connectivity index (χ3v) is 10.8. The zero-order chi connectivity index (χ0) is 38.6. The fourth-order valence-corrected chi connectivity index (χ4v) is 7.71. The van der Waals surface area contributed by atoms with E-state index in [1.54, 1.807) is 12.3 Å². The molecule has 5 heterocycles. The van der Waals surface area contributed by atoms with Gasteiger partial charge in [-0.1, -0.05) is 24.3 Å². The molecule has 2 aromatic heterocycles. The first kappa shape index (κ1) is 37.9.